The van der Waals surface area contributed by atoms with Gasteiger partial charge >= 0.3 is 0 Å². The third-order valence-electron chi connectivity index (χ3n) is 3.05. The summed E-state index contributed by atoms with van der Waals surface area (Å²) >= 11 is 5.75. The molecule has 100 valence electrons. The van der Waals surface area contributed by atoms with Crippen molar-refractivity contribution in [2.75, 3.05) is 5.88 Å². The molecule has 0 unspecified atom stereocenters. The molecule has 1 N–H and O–H groups in total. The lowest BCUT2D eigenvalue weighted by Crippen LogP contribution is -2.43. The summed E-state index contributed by atoms with van der Waals surface area (Å²) in [5.41, 5.74) is 1.00. The van der Waals surface area contributed by atoms with Crippen molar-refractivity contribution in [1.29, 1.82) is 0 Å². The van der Waals surface area contributed by atoms with Crippen molar-refractivity contribution < 1.29 is 4.79 Å². The maximum atomic E-state index is 12.4. The van der Waals surface area contributed by atoms with Crippen LogP contribution >= 0.6 is 11.6 Å². The van der Waals surface area contributed by atoms with Crippen LogP contribution in [0.4, 0.5) is 0 Å². The minimum absolute atomic E-state index is 0.112. The van der Waals surface area contributed by atoms with E-state index in [1.807, 2.05) is 38.1 Å². The second-order valence-corrected chi connectivity index (χ2v) is 5.54. The van der Waals surface area contributed by atoms with E-state index < -0.39 is 0 Å². The molecule has 1 aromatic carbocycles. The average molecular weight is 277 g/mol. The van der Waals surface area contributed by atoms with Gasteiger partial charge < -0.3 is 5.32 Å². The van der Waals surface area contributed by atoms with Crippen LogP contribution < -0.4 is 5.32 Å². The van der Waals surface area contributed by atoms with Crippen LogP contribution in [-0.4, -0.2) is 22.3 Å². The first kappa shape index (κ1) is 13.8. The summed E-state index contributed by atoms with van der Waals surface area (Å²) in [5.74, 6) is 0.403. The number of pyridine rings is 1. The van der Waals surface area contributed by atoms with E-state index in [0.29, 0.717) is 11.4 Å². The standard InChI is InChI=1S/C15H17ClN2O/c1-15(2,8-9-16)18-14(19)12-7-3-5-11-6-4-10-17-13(11)12/h3-7,10H,8-9H2,1-2H3,(H,18,19). The lowest BCUT2D eigenvalue weighted by Gasteiger charge is -2.25. The van der Waals surface area contributed by atoms with Gasteiger partial charge in [0.2, 0.25) is 0 Å². The third-order valence-corrected chi connectivity index (χ3v) is 3.24. The Morgan fingerprint density at radius 1 is 1.32 bits per heavy atom. The molecule has 0 spiro atoms. The van der Waals surface area contributed by atoms with Gasteiger partial charge in [0.1, 0.15) is 0 Å². The highest BCUT2D eigenvalue weighted by Crippen LogP contribution is 2.17. The summed E-state index contributed by atoms with van der Waals surface area (Å²) < 4.78 is 0. The first-order chi connectivity index (χ1) is 9.03. The maximum absolute atomic E-state index is 12.4. The summed E-state index contributed by atoms with van der Waals surface area (Å²) in [6.45, 7) is 3.93. The van der Waals surface area contributed by atoms with E-state index in [1.54, 1.807) is 12.3 Å². The number of fused-ring (bicyclic) bond motifs is 1. The number of hydrogen-bond donors (Lipinski definition) is 1. The molecule has 0 radical (unpaired) electrons. The number of nitrogens with zero attached hydrogens (tertiary/aromatic N) is 1. The summed E-state index contributed by atoms with van der Waals surface area (Å²) in [6, 6.07) is 9.42. The molecule has 2 rings (SSSR count). The molecule has 0 aliphatic carbocycles. The molecular formula is C15H17ClN2O. The minimum Gasteiger partial charge on any atom is -0.347 e. The van der Waals surface area contributed by atoms with Crippen molar-refractivity contribution in [2.24, 2.45) is 0 Å². The molecule has 0 fully saturated rings. The monoisotopic (exact) mass is 276 g/mol. The fourth-order valence-corrected chi connectivity index (χ4v) is 2.43. The predicted molar refractivity (Wildman–Crippen MR) is 78.6 cm³/mol. The van der Waals surface area contributed by atoms with Crippen molar-refractivity contribution in [3.63, 3.8) is 0 Å². The smallest absolute Gasteiger partial charge is 0.253 e. The number of halogens is 1. The topological polar surface area (TPSA) is 42.0 Å². The summed E-state index contributed by atoms with van der Waals surface area (Å²) in [4.78, 5) is 16.6. The van der Waals surface area contributed by atoms with Crippen molar-refractivity contribution in [1.82, 2.24) is 10.3 Å². The van der Waals surface area contributed by atoms with E-state index in [2.05, 4.69) is 10.3 Å². The van der Waals surface area contributed by atoms with Crippen LogP contribution in [-0.2, 0) is 0 Å². The van der Waals surface area contributed by atoms with Gasteiger partial charge in [-0.15, -0.1) is 11.6 Å². The van der Waals surface area contributed by atoms with Crippen molar-refractivity contribution >= 4 is 28.4 Å². The second-order valence-electron chi connectivity index (χ2n) is 5.16. The van der Waals surface area contributed by atoms with Crippen LogP contribution in [0, 0.1) is 0 Å². The van der Waals surface area contributed by atoms with Crippen LogP contribution in [0.5, 0.6) is 0 Å². The van der Waals surface area contributed by atoms with Gasteiger partial charge in [-0.1, -0.05) is 18.2 Å². The quantitative estimate of drug-likeness (QED) is 0.870. The number of para-hydroxylation sites is 1. The molecule has 0 saturated heterocycles. The highest BCUT2D eigenvalue weighted by atomic mass is 35.5. The molecule has 0 atom stereocenters. The lowest BCUT2D eigenvalue weighted by atomic mass is 10.0. The van der Waals surface area contributed by atoms with Crippen molar-refractivity contribution in [3.8, 4) is 0 Å². The summed E-state index contributed by atoms with van der Waals surface area (Å²) in [7, 11) is 0. The zero-order chi connectivity index (χ0) is 13.9. The SMILES string of the molecule is CC(C)(CCCl)NC(=O)c1cccc2cccnc12. The van der Waals surface area contributed by atoms with Crippen LogP contribution in [0.3, 0.4) is 0 Å². The van der Waals surface area contributed by atoms with Crippen LogP contribution in [0.2, 0.25) is 0 Å². The normalized spacial score (nSPS) is 11.5. The summed E-state index contributed by atoms with van der Waals surface area (Å²) in [5, 5.41) is 3.97. The Hall–Kier alpha value is -1.61. The number of carbonyl (C=O) groups excluding carboxylic acids is 1. The van der Waals surface area contributed by atoms with Gasteiger partial charge in [-0.05, 0) is 32.4 Å². The molecule has 0 aliphatic heterocycles. The predicted octanol–water partition coefficient (Wildman–Crippen LogP) is 3.37. The Morgan fingerprint density at radius 3 is 2.79 bits per heavy atom. The fourth-order valence-electron chi connectivity index (χ4n) is 1.96. The van der Waals surface area contributed by atoms with Crippen LogP contribution in [0.1, 0.15) is 30.6 Å². The van der Waals surface area contributed by atoms with Gasteiger partial charge in [0.25, 0.3) is 5.91 Å². The Labute approximate surface area is 118 Å². The molecule has 2 aromatic rings. The lowest BCUT2D eigenvalue weighted by molar-refractivity contribution is 0.0913. The van der Waals surface area contributed by atoms with E-state index in [0.717, 1.165) is 17.3 Å². The van der Waals surface area contributed by atoms with Crippen LogP contribution in [0.15, 0.2) is 36.5 Å². The highest BCUT2D eigenvalue weighted by Gasteiger charge is 2.21. The Morgan fingerprint density at radius 2 is 2.05 bits per heavy atom. The molecular weight excluding hydrogens is 260 g/mol. The van der Waals surface area contributed by atoms with E-state index >= 15 is 0 Å². The third kappa shape index (κ3) is 3.24. The van der Waals surface area contributed by atoms with Gasteiger partial charge in [0, 0.05) is 23.0 Å². The number of aromatic nitrogens is 1. The molecule has 0 aliphatic rings. The molecule has 1 aromatic heterocycles. The first-order valence-corrected chi connectivity index (χ1v) is 6.79. The van der Waals surface area contributed by atoms with E-state index in [-0.39, 0.29) is 11.4 Å². The van der Waals surface area contributed by atoms with E-state index in [1.165, 1.54) is 0 Å². The molecule has 1 heterocycles. The molecule has 19 heavy (non-hydrogen) atoms. The highest BCUT2D eigenvalue weighted by molar-refractivity contribution is 6.17. The van der Waals surface area contributed by atoms with Crippen LogP contribution in [0.25, 0.3) is 10.9 Å². The molecule has 3 nitrogen and oxygen atoms in total. The zero-order valence-electron chi connectivity index (χ0n) is 11.1. The van der Waals surface area contributed by atoms with Gasteiger partial charge in [0.15, 0.2) is 0 Å². The van der Waals surface area contributed by atoms with Gasteiger partial charge in [-0.3, -0.25) is 9.78 Å². The molecule has 4 heteroatoms. The van der Waals surface area contributed by atoms with Gasteiger partial charge in [0.05, 0.1) is 11.1 Å². The first-order valence-electron chi connectivity index (χ1n) is 6.26. The number of amides is 1. The maximum Gasteiger partial charge on any atom is 0.253 e. The average Bonchev–Trinajstić information content (AvgIpc) is 2.37. The Balaban J connectivity index is 2.32. The minimum atomic E-state index is -0.324. The Kier molecular flexibility index (Phi) is 4.05. The van der Waals surface area contributed by atoms with Crippen molar-refractivity contribution in [3.05, 3.63) is 42.1 Å². The number of nitrogens with one attached hydrogen (secondary N) is 1. The number of rotatable bonds is 4. The van der Waals surface area contributed by atoms with Gasteiger partial charge in [-0.2, -0.15) is 0 Å². The molecule has 1 amide bonds. The second kappa shape index (κ2) is 5.57. The largest absolute Gasteiger partial charge is 0.347 e. The molecule has 0 bridgehead atoms. The molecule has 0 saturated carbocycles. The summed E-state index contributed by atoms with van der Waals surface area (Å²) in [6.07, 6.45) is 2.42. The number of carbonyl (C=O) groups is 1. The fraction of sp³-hybridized carbons (Fsp3) is 0.333. The van der Waals surface area contributed by atoms with E-state index in [4.69, 9.17) is 11.6 Å². The Bertz CT molecular complexity index is 590. The zero-order valence-corrected chi connectivity index (χ0v) is 11.9. The van der Waals surface area contributed by atoms with E-state index in [9.17, 15) is 4.79 Å². The number of hydrogen-bond acceptors (Lipinski definition) is 2. The number of benzene rings is 1. The number of alkyl halides is 1. The van der Waals surface area contributed by atoms with Crippen molar-refractivity contribution in [2.45, 2.75) is 25.8 Å². The van der Waals surface area contributed by atoms with Gasteiger partial charge in [-0.25, -0.2) is 0 Å².